The van der Waals surface area contributed by atoms with Crippen LogP contribution in [0.2, 0.25) is 0 Å². The first-order chi connectivity index (χ1) is 15.5. The number of amides is 1. The Hall–Kier alpha value is -3.85. The fraction of sp³-hybridized carbons (Fsp3) is 0.174. The molecule has 0 spiro atoms. The Morgan fingerprint density at radius 3 is 2.12 bits per heavy atom. The molecular weight excluding hydrogens is 434 g/mol. The number of ether oxygens (including phenoxy) is 4. The van der Waals surface area contributed by atoms with E-state index in [2.05, 4.69) is 5.32 Å². The van der Waals surface area contributed by atoms with Gasteiger partial charge in [-0.2, -0.15) is 0 Å². The lowest BCUT2D eigenvalue weighted by molar-refractivity contribution is 0.0266. The van der Waals surface area contributed by atoms with Crippen molar-refractivity contribution < 1.29 is 33.3 Å². The summed E-state index contributed by atoms with van der Waals surface area (Å²) in [6.07, 6.45) is 0. The fourth-order valence-electron chi connectivity index (χ4n) is 2.75. The average Bonchev–Trinajstić information content (AvgIpc) is 3.37. The molecule has 1 aromatic heterocycles. The number of thiophene rings is 1. The van der Waals surface area contributed by atoms with Crippen molar-refractivity contribution in [2.24, 2.45) is 0 Å². The molecule has 0 fully saturated rings. The number of methoxy groups -OCH3 is 2. The molecule has 166 valence electrons. The Balaban J connectivity index is 1.69. The van der Waals surface area contributed by atoms with Gasteiger partial charge in [0.25, 0.3) is 5.91 Å². The molecule has 32 heavy (non-hydrogen) atoms. The minimum absolute atomic E-state index is 0.0712. The number of rotatable bonds is 9. The van der Waals surface area contributed by atoms with Gasteiger partial charge in [0.1, 0.15) is 13.2 Å². The van der Waals surface area contributed by atoms with Crippen molar-refractivity contribution >= 4 is 34.9 Å². The molecule has 0 bridgehead atoms. The highest BCUT2D eigenvalue weighted by atomic mass is 32.1. The minimum Gasteiger partial charge on any atom is -0.493 e. The second-order valence-corrected chi connectivity index (χ2v) is 7.27. The van der Waals surface area contributed by atoms with E-state index in [1.165, 1.54) is 37.7 Å². The number of anilines is 1. The zero-order chi connectivity index (χ0) is 22.9. The van der Waals surface area contributed by atoms with Gasteiger partial charge in [-0.15, -0.1) is 11.3 Å². The molecule has 0 aliphatic carbocycles. The van der Waals surface area contributed by atoms with Crippen molar-refractivity contribution in [2.75, 3.05) is 32.8 Å². The Labute approximate surface area is 188 Å². The highest BCUT2D eigenvalue weighted by Gasteiger charge is 2.21. The molecule has 2 aromatic carbocycles. The number of esters is 2. The van der Waals surface area contributed by atoms with Gasteiger partial charge >= 0.3 is 11.9 Å². The largest absolute Gasteiger partial charge is 0.493 e. The fourth-order valence-corrected chi connectivity index (χ4v) is 3.37. The Kier molecular flexibility index (Phi) is 7.82. The number of hydrogen-bond acceptors (Lipinski definition) is 8. The summed E-state index contributed by atoms with van der Waals surface area (Å²) < 4.78 is 20.9. The van der Waals surface area contributed by atoms with Gasteiger partial charge in [-0.1, -0.05) is 24.3 Å². The van der Waals surface area contributed by atoms with E-state index >= 15 is 0 Å². The molecular formula is C23H21NO7S. The molecule has 0 aliphatic rings. The van der Waals surface area contributed by atoms with Crippen LogP contribution in [0.3, 0.4) is 0 Å². The molecule has 0 saturated heterocycles. The normalized spacial score (nSPS) is 10.2. The molecule has 3 aromatic rings. The summed E-state index contributed by atoms with van der Waals surface area (Å²) in [5.74, 6) is -0.982. The summed E-state index contributed by atoms with van der Waals surface area (Å²) in [6.45, 7) is -0.284. The summed E-state index contributed by atoms with van der Waals surface area (Å²) in [6, 6.07) is 14.8. The van der Waals surface area contributed by atoms with Crippen molar-refractivity contribution in [3.05, 3.63) is 76.0 Å². The summed E-state index contributed by atoms with van der Waals surface area (Å²) in [5, 5.41) is 4.47. The van der Waals surface area contributed by atoms with Crippen LogP contribution in [0.25, 0.3) is 0 Å². The Morgan fingerprint density at radius 2 is 1.50 bits per heavy atom. The minimum atomic E-state index is -0.719. The average molecular weight is 455 g/mol. The lowest BCUT2D eigenvalue weighted by Gasteiger charge is -2.15. The van der Waals surface area contributed by atoms with E-state index in [1.54, 1.807) is 47.8 Å². The van der Waals surface area contributed by atoms with Crippen LogP contribution in [-0.2, 0) is 9.47 Å². The third kappa shape index (κ3) is 5.64. The molecule has 0 radical (unpaired) electrons. The smallest absolute Gasteiger partial charge is 0.340 e. The van der Waals surface area contributed by atoms with Gasteiger partial charge in [0.15, 0.2) is 11.5 Å². The van der Waals surface area contributed by atoms with E-state index < -0.39 is 11.9 Å². The summed E-state index contributed by atoms with van der Waals surface area (Å²) in [7, 11) is 2.88. The van der Waals surface area contributed by atoms with E-state index in [9.17, 15) is 14.4 Å². The van der Waals surface area contributed by atoms with E-state index in [4.69, 9.17) is 18.9 Å². The molecule has 3 rings (SSSR count). The molecule has 8 nitrogen and oxygen atoms in total. The number of hydrogen-bond donors (Lipinski definition) is 1. The van der Waals surface area contributed by atoms with Gasteiger partial charge in [-0.25, -0.2) is 9.59 Å². The van der Waals surface area contributed by atoms with E-state index in [0.29, 0.717) is 21.9 Å². The Morgan fingerprint density at radius 1 is 0.844 bits per heavy atom. The zero-order valence-corrected chi connectivity index (χ0v) is 18.3. The number of benzene rings is 2. The van der Waals surface area contributed by atoms with Gasteiger partial charge in [0.05, 0.1) is 35.9 Å². The van der Waals surface area contributed by atoms with Crippen molar-refractivity contribution in [3.8, 4) is 11.5 Å². The van der Waals surface area contributed by atoms with Crippen molar-refractivity contribution in [1.29, 1.82) is 0 Å². The topological polar surface area (TPSA) is 100 Å². The van der Waals surface area contributed by atoms with Gasteiger partial charge in [-0.05, 0) is 23.6 Å². The molecule has 1 heterocycles. The van der Waals surface area contributed by atoms with Gasteiger partial charge < -0.3 is 24.3 Å². The van der Waals surface area contributed by atoms with Crippen LogP contribution in [0, 0.1) is 0 Å². The quantitative estimate of drug-likeness (QED) is 0.384. The lowest BCUT2D eigenvalue weighted by Crippen LogP contribution is -2.17. The van der Waals surface area contributed by atoms with Gasteiger partial charge in [0, 0.05) is 12.1 Å². The first-order valence-corrected chi connectivity index (χ1v) is 10.4. The maximum atomic E-state index is 12.7. The van der Waals surface area contributed by atoms with E-state index in [0.717, 1.165) is 0 Å². The first kappa shape index (κ1) is 22.8. The van der Waals surface area contributed by atoms with Crippen LogP contribution in [-0.4, -0.2) is 45.3 Å². The lowest BCUT2D eigenvalue weighted by atomic mass is 10.1. The van der Waals surface area contributed by atoms with Crippen molar-refractivity contribution in [2.45, 2.75) is 0 Å². The number of nitrogens with one attached hydrogen (secondary N) is 1. The highest BCUT2D eigenvalue weighted by Crippen LogP contribution is 2.34. The molecule has 1 amide bonds. The molecule has 0 saturated carbocycles. The Bertz CT molecular complexity index is 1080. The van der Waals surface area contributed by atoms with Crippen LogP contribution in [0.4, 0.5) is 5.69 Å². The SMILES string of the molecule is COc1cc(NC(=O)c2cccs2)c(C(=O)OCCOC(=O)c2ccccc2)cc1OC. The van der Waals surface area contributed by atoms with Gasteiger partial charge in [-0.3, -0.25) is 4.79 Å². The number of carbonyl (C=O) groups is 3. The monoisotopic (exact) mass is 455 g/mol. The van der Waals surface area contributed by atoms with Crippen LogP contribution in [0.1, 0.15) is 30.4 Å². The van der Waals surface area contributed by atoms with Crippen LogP contribution >= 0.6 is 11.3 Å². The van der Waals surface area contributed by atoms with E-state index in [1.807, 2.05) is 0 Å². The second kappa shape index (κ2) is 11.0. The molecule has 1 N–H and O–H groups in total. The third-order valence-electron chi connectivity index (χ3n) is 4.30. The predicted molar refractivity (Wildman–Crippen MR) is 119 cm³/mol. The van der Waals surface area contributed by atoms with Crippen molar-refractivity contribution in [1.82, 2.24) is 0 Å². The maximum Gasteiger partial charge on any atom is 0.340 e. The summed E-state index contributed by atoms with van der Waals surface area (Å²) in [5.41, 5.74) is 0.673. The summed E-state index contributed by atoms with van der Waals surface area (Å²) in [4.78, 5) is 37.6. The maximum absolute atomic E-state index is 12.7. The molecule has 0 atom stereocenters. The van der Waals surface area contributed by atoms with Crippen LogP contribution < -0.4 is 14.8 Å². The van der Waals surface area contributed by atoms with Gasteiger partial charge in [0.2, 0.25) is 0 Å². The third-order valence-corrected chi connectivity index (χ3v) is 5.16. The summed E-state index contributed by atoms with van der Waals surface area (Å²) >= 11 is 1.27. The molecule has 0 unspecified atom stereocenters. The van der Waals surface area contributed by atoms with Crippen LogP contribution in [0.5, 0.6) is 11.5 Å². The number of carbonyl (C=O) groups excluding carboxylic acids is 3. The van der Waals surface area contributed by atoms with Crippen LogP contribution in [0.15, 0.2) is 60.0 Å². The second-order valence-electron chi connectivity index (χ2n) is 6.32. The van der Waals surface area contributed by atoms with E-state index in [-0.39, 0.29) is 30.4 Å². The first-order valence-electron chi connectivity index (χ1n) is 9.53. The predicted octanol–water partition coefficient (Wildman–Crippen LogP) is 4.03. The van der Waals surface area contributed by atoms with Crippen molar-refractivity contribution in [3.63, 3.8) is 0 Å². The highest BCUT2D eigenvalue weighted by molar-refractivity contribution is 7.12. The zero-order valence-electron chi connectivity index (χ0n) is 17.5. The molecule has 0 aliphatic heterocycles. The standard InChI is InChI=1S/C23H21NO7S/c1-28-18-13-16(17(14-19(18)29-2)24-21(25)20-9-6-12-32-20)23(27)31-11-10-30-22(26)15-7-4-3-5-8-15/h3-9,12-14H,10-11H2,1-2H3,(H,24,25). The molecule has 9 heteroatoms.